The molecular weight excluding hydrogens is 215 g/mol. The van der Waals surface area contributed by atoms with E-state index in [1.54, 1.807) is 0 Å². The molecule has 1 rings (SSSR count). The van der Waals surface area contributed by atoms with Gasteiger partial charge in [-0.15, -0.1) is 0 Å². The van der Waals surface area contributed by atoms with Crippen LogP contribution in [0.15, 0.2) is 12.1 Å². The number of benzene rings is 1. The fraction of sp³-hybridized carbons (Fsp3) is 0.333. The van der Waals surface area contributed by atoms with Gasteiger partial charge in [0.1, 0.15) is 0 Å². The van der Waals surface area contributed by atoms with Gasteiger partial charge in [0, 0.05) is 11.6 Å². The minimum atomic E-state index is -4.37. The lowest BCUT2D eigenvalue weighted by atomic mass is 10.0. The third-order valence-electron chi connectivity index (χ3n) is 1.89. The molecule has 1 nitrogen and oxygen atoms in total. The van der Waals surface area contributed by atoms with Crippen LogP contribution in [0.4, 0.5) is 13.2 Å². The van der Waals surface area contributed by atoms with E-state index in [1.807, 2.05) is 0 Å². The Morgan fingerprint density at radius 2 is 1.93 bits per heavy atom. The summed E-state index contributed by atoms with van der Waals surface area (Å²) >= 11 is 5.63. The molecule has 0 aromatic heterocycles. The lowest BCUT2D eigenvalue weighted by molar-refractivity contribution is -0.138. The summed E-state index contributed by atoms with van der Waals surface area (Å²) in [7, 11) is 0. The molecule has 0 aliphatic carbocycles. The van der Waals surface area contributed by atoms with Crippen molar-refractivity contribution in [2.24, 2.45) is 5.73 Å². The van der Waals surface area contributed by atoms with Crippen LogP contribution in [0, 0.1) is 6.92 Å². The number of hydrogen-bond acceptors (Lipinski definition) is 1. The Labute approximate surface area is 84.7 Å². The highest BCUT2D eigenvalue weighted by Crippen LogP contribution is 2.35. The first-order valence-corrected chi connectivity index (χ1v) is 4.30. The van der Waals surface area contributed by atoms with Crippen LogP contribution in [0.2, 0.25) is 5.02 Å². The molecule has 0 radical (unpaired) electrons. The highest BCUT2D eigenvalue weighted by molar-refractivity contribution is 6.30. The van der Waals surface area contributed by atoms with Gasteiger partial charge in [0.2, 0.25) is 0 Å². The molecule has 0 fully saturated rings. The van der Waals surface area contributed by atoms with E-state index in [0.29, 0.717) is 0 Å². The summed E-state index contributed by atoms with van der Waals surface area (Å²) in [6, 6.07) is 2.53. The molecule has 5 heteroatoms. The Morgan fingerprint density at radius 1 is 1.36 bits per heavy atom. The molecule has 1 aromatic carbocycles. The van der Waals surface area contributed by atoms with Crippen LogP contribution >= 0.6 is 11.6 Å². The van der Waals surface area contributed by atoms with Gasteiger partial charge < -0.3 is 5.73 Å². The minimum Gasteiger partial charge on any atom is -0.326 e. The van der Waals surface area contributed by atoms with Crippen molar-refractivity contribution in [2.45, 2.75) is 19.6 Å². The maximum absolute atomic E-state index is 12.5. The fourth-order valence-corrected chi connectivity index (χ4v) is 1.67. The molecule has 0 unspecified atom stereocenters. The summed E-state index contributed by atoms with van der Waals surface area (Å²) in [5.41, 5.74) is 4.68. The van der Waals surface area contributed by atoms with Crippen molar-refractivity contribution < 1.29 is 13.2 Å². The number of nitrogens with two attached hydrogens (primary N) is 1. The second-order valence-corrected chi connectivity index (χ2v) is 3.40. The predicted molar refractivity (Wildman–Crippen MR) is 49.1 cm³/mol. The summed E-state index contributed by atoms with van der Waals surface area (Å²) in [6.45, 7) is 1.20. The summed E-state index contributed by atoms with van der Waals surface area (Å²) in [5.74, 6) is 0. The van der Waals surface area contributed by atoms with Crippen LogP contribution in [0.1, 0.15) is 16.7 Å². The third kappa shape index (κ3) is 2.19. The zero-order chi connectivity index (χ0) is 10.9. The number of halogens is 4. The van der Waals surface area contributed by atoms with E-state index in [2.05, 4.69) is 0 Å². The third-order valence-corrected chi connectivity index (χ3v) is 2.10. The predicted octanol–water partition coefficient (Wildman–Crippen LogP) is 3.13. The van der Waals surface area contributed by atoms with Crippen molar-refractivity contribution in [1.29, 1.82) is 0 Å². The van der Waals surface area contributed by atoms with E-state index in [-0.39, 0.29) is 22.7 Å². The zero-order valence-corrected chi connectivity index (χ0v) is 8.21. The average molecular weight is 224 g/mol. The van der Waals surface area contributed by atoms with Crippen molar-refractivity contribution in [2.75, 3.05) is 0 Å². The maximum atomic E-state index is 12.5. The standard InChI is InChI=1S/C9H9ClF3N/c1-5-2-7(10)3-6(4-14)8(5)9(11,12)13/h2-3H,4,14H2,1H3. The van der Waals surface area contributed by atoms with Gasteiger partial charge in [-0.2, -0.15) is 13.2 Å². The quantitative estimate of drug-likeness (QED) is 0.778. The van der Waals surface area contributed by atoms with Gasteiger partial charge in [0.05, 0.1) is 5.56 Å². The first-order chi connectivity index (χ1) is 6.36. The van der Waals surface area contributed by atoms with Crippen molar-refractivity contribution in [1.82, 2.24) is 0 Å². The Bertz CT molecular complexity index is 347. The summed E-state index contributed by atoms with van der Waals surface area (Å²) < 4.78 is 37.6. The number of aryl methyl sites for hydroxylation is 1. The summed E-state index contributed by atoms with van der Waals surface area (Å²) in [6.07, 6.45) is -4.37. The molecule has 1 aromatic rings. The molecule has 14 heavy (non-hydrogen) atoms. The minimum absolute atomic E-state index is 0.0301. The van der Waals surface area contributed by atoms with Gasteiger partial charge in [-0.25, -0.2) is 0 Å². The smallest absolute Gasteiger partial charge is 0.326 e. The molecule has 0 aliphatic rings. The highest BCUT2D eigenvalue weighted by atomic mass is 35.5. The van der Waals surface area contributed by atoms with Crippen molar-refractivity contribution in [3.63, 3.8) is 0 Å². The van der Waals surface area contributed by atoms with Crippen LogP contribution in [-0.4, -0.2) is 0 Å². The SMILES string of the molecule is Cc1cc(Cl)cc(CN)c1C(F)(F)F. The van der Waals surface area contributed by atoms with E-state index in [0.717, 1.165) is 0 Å². The first-order valence-electron chi connectivity index (χ1n) is 3.92. The molecular formula is C9H9ClF3N. The van der Waals surface area contributed by atoms with Crippen LogP contribution in [0.3, 0.4) is 0 Å². The van der Waals surface area contributed by atoms with Gasteiger partial charge in [-0.3, -0.25) is 0 Å². The van der Waals surface area contributed by atoms with Crippen molar-refractivity contribution in [3.05, 3.63) is 33.8 Å². The van der Waals surface area contributed by atoms with Gasteiger partial charge in [-0.05, 0) is 30.2 Å². The molecule has 0 spiro atoms. The number of alkyl halides is 3. The van der Waals surface area contributed by atoms with E-state index < -0.39 is 11.7 Å². The van der Waals surface area contributed by atoms with Gasteiger partial charge in [0.25, 0.3) is 0 Å². The van der Waals surface area contributed by atoms with Crippen LogP contribution in [0.5, 0.6) is 0 Å². The topological polar surface area (TPSA) is 26.0 Å². The monoisotopic (exact) mass is 223 g/mol. The van der Waals surface area contributed by atoms with Crippen molar-refractivity contribution >= 4 is 11.6 Å². The second kappa shape index (κ2) is 3.79. The molecule has 0 saturated carbocycles. The van der Waals surface area contributed by atoms with E-state index in [1.165, 1.54) is 19.1 Å². The molecule has 0 saturated heterocycles. The maximum Gasteiger partial charge on any atom is 0.416 e. The van der Waals surface area contributed by atoms with Crippen LogP contribution < -0.4 is 5.73 Å². The largest absolute Gasteiger partial charge is 0.416 e. The lowest BCUT2D eigenvalue weighted by Crippen LogP contribution is -2.14. The number of rotatable bonds is 1. The molecule has 0 atom stereocenters. The molecule has 0 bridgehead atoms. The van der Waals surface area contributed by atoms with Crippen LogP contribution in [0.25, 0.3) is 0 Å². The van der Waals surface area contributed by atoms with Crippen LogP contribution in [-0.2, 0) is 12.7 Å². The molecule has 0 heterocycles. The Kier molecular flexibility index (Phi) is 3.07. The van der Waals surface area contributed by atoms with Gasteiger partial charge in [0.15, 0.2) is 0 Å². The molecule has 0 amide bonds. The average Bonchev–Trinajstić information content (AvgIpc) is 1.99. The zero-order valence-electron chi connectivity index (χ0n) is 7.45. The molecule has 2 N–H and O–H groups in total. The van der Waals surface area contributed by atoms with E-state index in [4.69, 9.17) is 17.3 Å². The first kappa shape index (κ1) is 11.3. The molecule has 78 valence electrons. The Hall–Kier alpha value is -0.740. The Morgan fingerprint density at radius 3 is 2.36 bits per heavy atom. The van der Waals surface area contributed by atoms with E-state index in [9.17, 15) is 13.2 Å². The summed E-state index contributed by atoms with van der Waals surface area (Å²) in [5, 5.41) is 0.274. The highest BCUT2D eigenvalue weighted by Gasteiger charge is 2.34. The lowest BCUT2D eigenvalue weighted by Gasteiger charge is -2.14. The number of hydrogen-bond donors (Lipinski definition) is 1. The molecule has 0 aliphatic heterocycles. The summed E-state index contributed by atoms with van der Waals surface area (Å²) in [4.78, 5) is 0. The Balaban J connectivity index is 3.40. The fourth-order valence-electron chi connectivity index (χ4n) is 1.38. The van der Waals surface area contributed by atoms with Gasteiger partial charge in [-0.1, -0.05) is 11.6 Å². The van der Waals surface area contributed by atoms with Crippen molar-refractivity contribution in [3.8, 4) is 0 Å². The van der Waals surface area contributed by atoms with E-state index >= 15 is 0 Å². The normalized spacial score (nSPS) is 11.9. The van der Waals surface area contributed by atoms with Gasteiger partial charge >= 0.3 is 6.18 Å². The second-order valence-electron chi connectivity index (χ2n) is 2.96.